The van der Waals surface area contributed by atoms with E-state index >= 15 is 0 Å². The van der Waals surface area contributed by atoms with E-state index in [0.717, 1.165) is 34.7 Å². The number of hydrogen-bond acceptors (Lipinski definition) is 3. The molecule has 2 aromatic heterocycles. The van der Waals surface area contributed by atoms with Crippen LogP contribution in [0, 0.1) is 17.7 Å². The van der Waals surface area contributed by atoms with Crippen molar-refractivity contribution < 1.29 is 9.18 Å². The summed E-state index contributed by atoms with van der Waals surface area (Å²) in [5, 5.41) is 9.13. The largest absolute Gasteiger partial charge is 0.351 e. The lowest BCUT2D eigenvalue weighted by molar-refractivity contribution is -0.123. The number of carbonyl (C=O) groups is 1. The molecular formula is C27H29FN4O2. The normalized spacial score (nSPS) is 20.6. The fourth-order valence-electron chi connectivity index (χ4n) is 5.22. The first-order valence-electron chi connectivity index (χ1n) is 11.9. The molecular weight excluding hydrogens is 431 g/mol. The van der Waals surface area contributed by atoms with Crippen LogP contribution in [0.1, 0.15) is 38.7 Å². The first-order valence-corrected chi connectivity index (χ1v) is 11.9. The molecule has 0 saturated heterocycles. The smallest absolute Gasteiger partial charge is 0.291 e. The Labute approximate surface area is 197 Å². The number of nitrogens with zero attached hydrogens (tertiary/aromatic N) is 3. The highest BCUT2D eigenvalue weighted by Crippen LogP contribution is 2.30. The fourth-order valence-corrected chi connectivity index (χ4v) is 5.22. The van der Waals surface area contributed by atoms with E-state index < -0.39 is 0 Å². The molecule has 0 radical (unpaired) electrons. The average Bonchev–Trinajstić information content (AvgIpc) is 3.14. The summed E-state index contributed by atoms with van der Waals surface area (Å²) in [5.74, 6) is 0.479. The highest BCUT2D eigenvalue weighted by Gasteiger charge is 2.28. The predicted octanol–water partition coefficient (Wildman–Crippen LogP) is 4.48. The maximum absolute atomic E-state index is 13.5. The maximum Gasteiger partial charge on any atom is 0.291 e. The third-order valence-corrected chi connectivity index (χ3v) is 7.37. The molecule has 2 aromatic carbocycles. The Morgan fingerprint density at radius 2 is 1.85 bits per heavy atom. The van der Waals surface area contributed by atoms with Gasteiger partial charge in [0.2, 0.25) is 5.91 Å². The summed E-state index contributed by atoms with van der Waals surface area (Å²) in [5.41, 5.74) is 1.96. The van der Waals surface area contributed by atoms with Crippen molar-refractivity contribution in [3.8, 4) is 0 Å². The van der Waals surface area contributed by atoms with E-state index in [1.54, 1.807) is 18.3 Å². The Balaban J connectivity index is 1.50. The molecule has 34 heavy (non-hydrogen) atoms. The topological polar surface area (TPSA) is 68.9 Å². The number of nitrogens with one attached hydrogen (secondary N) is 1. The van der Waals surface area contributed by atoms with E-state index in [2.05, 4.69) is 24.3 Å². The zero-order valence-electron chi connectivity index (χ0n) is 19.5. The number of fused-ring (bicyclic) bond motifs is 3. The Morgan fingerprint density at radius 3 is 2.65 bits per heavy atom. The molecule has 4 aromatic rings. The summed E-state index contributed by atoms with van der Waals surface area (Å²) >= 11 is 0. The second kappa shape index (κ2) is 9.05. The van der Waals surface area contributed by atoms with Crippen LogP contribution in [0.4, 0.5) is 4.39 Å². The van der Waals surface area contributed by atoms with Crippen LogP contribution >= 0.6 is 0 Å². The molecule has 1 N–H and O–H groups in total. The van der Waals surface area contributed by atoms with Crippen LogP contribution in [0.2, 0.25) is 0 Å². The van der Waals surface area contributed by atoms with Gasteiger partial charge >= 0.3 is 0 Å². The van der Waals surface area contributed by atoms with Crippen LogP contribution in [0.3, 0.4) is 0 Å². The van der Waals surface area contributed by atoms with E-state index in [4.69, 9.17) is 0 Å². The van der Waals surface area contributed by atoms with Gasteiger partial charge in [-0.2, -0.15) is 5.10 Å². The minimum Gasteiger partial charge on any atom is -0.351 e. The van der Waals surface area contributed by atoms with E-state index in [9.17, 15) is 14.0 Å². The monoisotopic (exact) mass is 460 g/mol. The predicted molar refractivity (Wildman–Crippen MR) is 131 cm³/mol. The third kappa shape index (κ3) is 4.11. The van der Waals surface area contributed by atoms with Crippen LogP contribution in [0.5, 0.6) is 0 Å². The summed E-state index contributed by atoms with van der Waals surface area (Å²) in [6.07, 6.45) is 4.91. The molecule has 2 heterocycles. The van der Waals surface area contributed by atoms with Gasteiger partial charge in [-0.1, -0.05) is 57.0 Å². The molecule has 0 bridgehead atoms. The van der Waals surface area contributed by atoms with Crippen molar-refractivity contribution in [3.05, 3.63) is 76.5 Å². The van der Waals surface area contributed by atoms with Gasteiger partial charge in [-0.15, -0.1) is 0 Å². The van der Waals surface area contributed by atoms with Gasteiger partial charge in [0, 0.05) is 28.9 Å². The molecule has 1 saturated carbocycles. The van der Waals surface area contributed by atoms with Crippen molar-refractivity contribution in [1.29, 1.82) is 0 Å². The molecule has 0 aliphatic heterocycles. The summed E-state index contributed by atoms with van der Waals surface area (Å²) < 4.78 is 16.6. The number of amides is 1. The van der Waals surface area contributed by atoms with Crippen LogP contribution in [-0.2, 0) is 17.9 Å². The van der Waals surface area contributed by atoms with E-state index in [0.29, 0.717) is 23.9 Å². The van der Waals surface area contributed by atoms with Crippen LogP contribution in [-0.4, -0.2) is 26.3 Å². The van der Waals surface area contributed by atoms with Crippen LogP contribution in [0.15, 0.2) is 59.5 Å². The fraction of sp³-hybridized carbons (Fsp3) is 0.370. The molecule has 1 amide bonds. The third-order valence-electron chi connectivity index (χ3n) is 7.37. The molecule has 3 unspecified atom stereocenters. The average molecular weight is 461 g/mol. The number of hydrogen-bond donors (Lipinski definition) is 1. The van der Waals surface area contributed by atoms with Crippen LogP contribution < -0.4 is 10.9 Å². The second-order valence-corrected chi connectivity index (χ2v) is 9.54. The van der Waals surface area contributed by atoms with Gasteiger partial charge in [-0.25, -0.2) is 9.07 Å². The minimum absolute atomic E-state index is 0.121. The zero-order chi connectivity index (χ0) is 23.8. The number of benzene rings is 2. The van der Waals surface area contributed by atoms with Crippen molar-refractivity contribution in [2.24, 2.45) is 11.8 Å². The summed E-state index contributed by atoms with van der Waals surface area (Å²) in [7, 11) is 0. The molecule has 1 fully saturated rings. The highest BCUT2D eigenvalue weighted by atomic mass is 19.1. The quantitative estimate of drug-likeness (QED) is 0.478. The number of aromatic nitrogens is 3. The number of halogens is 1. The summed E-state index contributed by atoms with van der Waals surface area (Å²) in [6, 6.07) is 14.2. The number of carbonyl (C=O) groups excluding carboxylic acids is 1. The van der Waals surface area contributed by atoms with Crippen molar-refractivity contribution in [1.82, 2.24) is 19.7 Å². The number of rotatable bonds is 5. The number of para-hydroxylation sites is 1. The molecule has 3 atom stereocenters. The Kier molecular flexibility index (Phi) is 5.94. The maximum atomic E-state index is 13.5. The minimum atomic E-state index is -0.309. The van der Waals surface area contributed by atoms with E-state index in [1.165, 1.54) is 23.2 Å². The lowest BCUT2D eigenvalue weighted by Gasteiger charge is -2.34. The van der Waals surface area contributed by atoms with Gasteiger partial charge < -0.3 is 9.88 Å². The zero-order valence-corrected chi connectivity index (χ0v) is 19.5. The van der Waals surface area contributed by atoms with Crippen LogP contribution in [0.25, 0.3) is 21.8 Å². The van der Waals surface area contributed by atoms with Gasteiger partial charge in [0.05, 0.1) is 6.20 Å². The van der Waals surface area contributed by atoms with Gasteiger partial charge in [0.15, 0.2) is 0 Å². The van der Waals surface area contributed by atoms with E-state index in [-0.39, 0.29) is 29.9 Å². The Morgan fingerprint density at radius 1 is 1.09 bits per heavy atom. The SMILES string of the molecule is CC1CCCC(NC(=O)Cn2ncc3c4ccccc4n(Cc4ccc(F)cc4)c3c2=O)C1C. The molecule has 176 valence electrons. The highest BCUT2D eigenvalue weighted by molar-refractivity contribution is 6.07. The first kappa shape index (κ1) is 22.3. The molecule has 0 spiro atoms. The molecule has 7 heteroatoms. The molecule has 1 aliphatic rings. The lowest BCUT2D eigenvalue weighted by Crippen LogP contribution is -2.45. The first-order chi connectivity index (χ1) is 16.4. The van der Waals surface area contributed by atoms with Crippen molar-refractivity contribution in [3.63, 3.8) is 0 Å². The standard InChI is InChI=1S/C27H29FN4O2/c1-17-6-5-8-23(18(17)2)30-25(33)16-32-27(34)26-22(14-29-32)21-7-3-4-9-24(21)31(26)15-19-10-12-20(28)13-11-19/h3-4,7,9-14,17-18,23H,5-6,8,15-16H2,1-2H3,(H,30,33). The van der Waals surface area contributed by atoms with E-state index in [1.807, 2.05) is 28.8 Å². The second-order valence-electron chi connectivity index (χ2n) is 9.54. The molecule has 1 aliphatic carbocycles. The molecule has 6 nitrogen and oxygen atoms in total. The van der Waals surface area contributed by atoms with Gasteiger partial charge in [-0.3, -0.25) is 9.59 Å². The summed E-state index contributed by atoms with van der Waals surface area (Å²) in [4.78, 5) is 26.4. The Hall–Kier alpha value is -3.48. The van der Waals surface area contributed by atoms with Gasteiger partial charge in [0.1, 0.15) is 17.9 Å². The van der Waals surface area contributed by atoms with Gasteiger partial charge in [0.25, 0.3) is 5.56 Å². The van der Waals surface area contributed by atoms with Gasteiger partial charge in [-0.05, 0) is 42.0 Å². The Bertz CT molecular complexity index is 1410. The van der Waals surface area contributed by atoms with Crippen molar-refractivity contribution >= 4 is 27.7 Å². The summed E-state index contributed by atoms with van der Waals surface area (Å²) in [6.45, 7) is 4.69. The molecule has 5 rings (SSSR count). The lowest BCUT2D eigenvalue weighted by atomic mass is 9.78. The van der Waals surface area contributed by atoms with Crippen molar-refractivity contribution in [2.75, 3.05) is 0 Å². The van der Waals surface area contributed by atoms with Crippen molar-refractivity contribution in [2.45, 2.75) is 52.2 Å².